The van der Waals surface area contributed by atoms with Crippen molar-refractivity contribution in [3.8, 4) is 5.75 Å². The van der Waals surface area contributed by atoms with Crippen molar-refractivity contribution >= 4 is 18.0 Å². The van der Waals surface area contributed by atoms with E-state index in [0.29, 0.717) is 24.4 Å². The first-order valence-corrected chi connectivity index (χ1v) is 10.1. The zero-order valence-corrected chi connectivity index (χ0v) is 17.7. The molecule has 0 saturated carbocycles. The van der Waals surface area contributed by atoms with Gasteiger partial charge in [0.1, 0.15) is 18.2 Å². The van der Waals surface area contributed by atoms with Gasteiger partial charge in [-0.3, -0.25) is 0 Å². The fraction of sp³-hybridized carbons (Fsp3) is 0.280. The molecular formula is C25H29FO5. The van der Waals surface area contributed by atoms with Crippen LogP contribution in [0.1, 0.15) is 50.2 Å². The van der Waals surface area contributed by atoms with Crippen LogP contribution in [-0.2, 0) is 16.2 Å². The molecule has 0 unspecified atom stereocenters. The normalized spacial score (nSPS) is 10.3. The number of carboxylic acids is 2. The van der Waals surface area contributed by atoms with Crippen LogP contribution in [0.2, 0.25) is 0 Å². The smallest absolute Gasteiger partial charge is 0.330 e. The zero-order chi connectivity index (χ0) is 23.1. The van der Waals surface area contributed by atoms with Crippen LogP contribution in [0.3, 0.4) is 0 Å². The van der Waals surface area contributed by atoms with Crippen molar-refractivity contribution in [2.24, 2.45) is 0 Å². The molecule has 2 rings (SSSR count). The predicted molar refractivity (Wildman–Crippen MR) is 119 cm³/mol. The number of aliphatic carboxylic acids is 2. The SMILES string of the molecule is C=C(CCCCCC)C(=O)O.O=C(O)C=Cc1ccc(OCc2ccc(F)cc2)cc1. The van der Waals surface area contributed by atoms with E-state index >= 15 is 0 Å². The number of benzene rings is 2. The summed E-state index contributed by atoms with van der Waals surface area (Å²) in [5, 5.41) is 17.0. The summed E-state index contributed by atoms with van der Waals surface area (Å²) in [4.78, 5) is 20.6. The van der Waals surface area contributed by atoms with Crippen LogP contribution in [0.15, 0.2) is 66.8 Å². The lowest BCUT2D eigenvalue weighted by Gasteiger charge is -2.06. The number of halogens is 1. The first-order chi connectivity index (χ1) is 14.8. The second-order valence-electron chi connectivity index (χ2n) is 6.88. The predicted octanol–water partition coefficient (Wildman–Crippen LogP) is 6.10. The Bertz CT molecular complexity index is 854. The fourth-order valence-electron chi connectivity index (χ4n) is 2.46. The Morgan fingerprint density at radius 2 is 1.65 bits per heavy atom. The Labute approximate surface area is 182 Å². The average molecular weight is 429 g/mol. The molecule has 0 saturated heterocycles. The number of unbranched alkanes of at least 4 members (excludes halogenated alkanes) is 3. The van der Waals surface area contributed by atoms with Gasteiger partial charge in [-0.05, 0) is 54.3 Å². The van der Waals surface area contributed by atoms with Gasteiger partial charge in [0.2, 0.25) is 0 Å². The van der Waals surface area contributed by atoms with E-state index in [2.05, 4.69) is 13.5 Å². The van der Waals surface area contributed by atoms with E-state index < -0.39 is 11.9 Å². The monoisotopic (exact) mass is 428 g/mol. The van der Waals surface area contributed by atoms with Crippen molar-refractivity contribution < 1.29 is 28.9 Å². The maximum atomic E-state index is 12.7. The number of carbonyl (C=O) groups is 2. The molecule has 5 nitrogen and oxygen atoms in total. The first kappa shape index (κ1) is 25.6. The Hall–Kier alpha value is -3.41. The van der Waals surface area contributed by atoms with E-state index in [9.17, 15) is 14.0 Å². The van der Waals surface area contributed by atoms with Gasteiger partial charge in [-0.1, -0.05) is 57.0 Å². The van der Waals surface area contributed by atoms with Gasteiger partial charge in [0.25, 0.3) is 0 Å². The molecule has 0 aromatic heterocycles. The Kier molecular flexibility index (Phi) is 12.0. The third-order valence-corrected chi connectivity index (χ3v) is 4.25. The quantitative estimate of drug-likeness (QED) is 0.334. The van der Waals surface area contributed by atoms with Crippen LogP contribution < -0.4 is 4.74 Å². The van der Waals surface area contributed by atoms with E-state index in [1.54, 1.807) is 36.4 Å². The lowest BCUT2D eigenvalue weighted by molar-refractivity contribution is -0.133. The number of ether oxygens (including phenoxy) is 1. The van der Waals surface area contributed by atoms with E-state index in [-0.39, 0.29) is 5.82 Å². The number of carboxylic acid groups (broad SMARTS) is 2. The molecule has 0 aliphatic rings. The lowest BCUT2D eigenvalue weighted by Crippen LogP contribution is -1.98. The van der Waals surface area contributed by atoms with Gasteiger partial charge in [-0.2, -0.15) is 0 Å². The van der Waals surface area contributed by atoms with Crippen molar-refractivity contribution in [2.45, 2.75) is 45.6 Å². The Balaban J connectivity index is 0.000000373. The summed E-state index contributed by atoms with van der Waals surface area (Å²) in [7, 11) is 0. The molecule has 0 aliphatic carbocycles. The summed E-state index contributed by atoms with van der Waals surface area (Å²) in [6.07, 6.45) is 7.66. The van der Waals surface area contributed by atoms with Crippen LogP contribution in [0.4, 0.5) is 4.39 Å². The second kappa shape index (κ2) is 14.6. The molecule has 31 heavy (non-hydrogen) atoms. The van der Waals surface area contributed by atoms with E-state index in [1.165, 1.54) is 31.1 Å². The molecule has 0 aliphatic heterocycles. The van der Waals surface area contributed by atoms with Crippen LogP contribution in [0, 0.1) is 5.82 Å². The summed E-state index contributed by atoms with van der Waals surface area (Å²) in [5.41, 5.74) is 1.99. The third-order valence-electron chi connectivity index (χ3n) is 4.25. The van der Waals surface area contributed by atoms with Gasteiger partial charge in [-0.25, -0.2) is 14.0 Å². The first-order valence-electron chi connectivity index (χ1n) is 10.1. The summed E-state index contributed by atoms with van der Waals surface area (Å²) in [6, 6.07) is 13.1. The largest absolute Gasteiger partial charge is 0.489 e. The number of hydrogen-bond acceptors (Lipinski definition) is 3. The topological polar surface area (TPSA) is 83.8 Å². The molecule has 0 bridgehead atoms. The lowest BCUT2D eigenvalue weighted by atomic mass is 10.1. The number of hydrogen-bond donors (Lipinski definition) is 2. The molecule has 2 N–H and O–H groups in total. The Morgan fingerprint density at radius 3 is 2.19 bits per heavy atom. The maximum Gasteiger partial charge on any atom is 0.330 e. The van der Waals surface area contributed by atoms with Crippen LogP contribution in [0.25, 0.3) is 6.08 Å². The molecule has 0 heterocycles. The van der Waals surface area contributed by atoms with Gasteiger partial charge in [0.05, 0.1) is 0 Å². The highest BCUT2D eigenvalue weighted by Gasteiger charge is 2.01. The molecular weight excluding hydrogens is 399 g/mol. The third kappa shape index (κ3) is 12.0. The fourth-order valence-corrected chi connectivity index (χ4v) is 2.46. The van der Waals surface area contributed by atoms with E-state index in [4.69, 9.17) is 14.9 Å². The standard InChI is InChI=1S/C16H13FO3.C9H16O2/c17-14-6-1-13(2-7-14)11-20-15-8-3-12(4-9-15)5-10-16(18)19;1-3-4-5-6-7-8(2)9(10)11/h1-10H,11H2,(H,18,19);2-7H2,1H3,(H,10,11). The average Bonchev–Trinajstić information content (AvgIpc) is 2.76. The zero-order valence-electron chi connectivity index (χ0n) is 17.7. The minimum Gasteiger partial charge on any atom is -0.489 e. The van der Waals surface area contributed by atoms with Crippen molar-refractivity contribution in [1.82, 2.24) is 0 Å². The molecule has 0 atom stereocenters. The molecule has 166 valence electrons. The van der Waals surface area contributed by atoms with Crippen molar-refractivity contribution in [2.75, 3.05) is 0 Å². The number of rotatable bonds is 11. The van der Waals surface area contributed by atoms with Crippen molar-refractivity contribution in [3.05, 3.63) is 83.7 Å². The van der Waals surface area contributed by atoms with Crippen molar-refractivity contribution in [1.29, 1.82) is 0 Å². The maximum absolute atomic E-state index is 12.7. The summed E-state index contributed by atoms with van der Waals surface area (Å²) >= 11 is 0. The summed E-state index contributed by atoms with van der Waals surface area (Å²) < 4.78 is 18.3. The second-order valence-corrected chi connectivity index (χ2v) is 6.88. The minimum absolute atomic E-state index is 0.275. The summed E-state index contributed by atoms with van der Waals surface area (Å²) in [5.74, 6) is -1.45. The van der Waals surface area contributed by atoms with Gasteiger partial charge in [-0.15, -0.1) is 0 Å². The van der Waals surface area contributed by atoms with Gasteiger partial charge >= 0.3 is 11.9 Å². The highest BCUT2D eigenvalue weighted by atomic mass is 19.1. The molecule has 0 radical (unpaired) electrons. The Morgan fingerprint density at radius 1 is 1.00 bits per heavy atom. The molecule has 2 aromatic rings. The van der Waals surface area contributed by atoms with Crippen molar-refractivity contribution in [3.63, 3.8) is 0 Å². The van der Waals surface area contributed by atoms with Crippen LogP contribution in [0.5, 0.6) is 5.75 Å². The van der Waals surface area contributed by atoms with E-state index in [1.807, 2.05) is 0 Å². The van der Waals surface area contributed by atoms with Gasteiger partial charge in [0, 0.05) is 11.6 Å². The molecule has 0 amide bonds. The van der Waals surface area contributed by atoms with Gasteiger partial charge < -0.3 is 14.9 Å². The highest BCUT2D eigenvalue weighted by Crippen LogP contribution is 2.15. The minimum atomic E-state index is -0.985. The molecule has 2 aromatic carbocycles. The molecule has 0 spiro atoms. The van der Waals surface area contributed by atoms with Crippen LogP contribution in [-0.4, -0.2) is 22.2 Å². The van der Waals surface area contributed by atoms with Crippen LogP contribution >= 0.6 is 0 Å². The van der Waals surface area contributed by atoms with E-state index in [0.717, 1.165) is 30.0 Å². The molecule has 6 heteroatoms. The molecule has 0 fully saturated rings. The highest BCUT2D eigenvalue weighted by molar-refractivity contribution is 5.85. The van der Waals surface area contributed by atoms with Gasteiger partial charge in [0.15, 0.2) is 0 Å². The summed E-state index contributed by atoms with van der Waals surface area (Å²) in [6.45, 7) is 5.94.